The van der Waals surface area contributed by atoms with Gasteiger partial charge in [0, 0.05) is 4.90 Å². The van der Waals surface area contributed by atoms with Crippen molar-refractivity contribution in [2.75, 3.05) is 24.2 Å². The van der Waals surface area contributed by atoms with Gasteiger partial charge in [-0.25, -0.2) is 8.42 Å². The maximum atomic E-state index is 13.7. The van der Waals surface area contributed by atoms with Gasteiger partial charge >= 0.3 is 0 Å². The smallest absolute Gasteiger partial charge is 0.264 e. The molecule has 0 aliphatic carbocycles. The summed E-state index contributed by atoms with van der Waals surface area (Å²) in [5, 5.41) is 3.07. The van der Waals surface area contributed by atoms with E-state index >= 15 is 0 Å². The molecular formula is C28H34N2O4S2. The van der Waals surface area contributed by atoms with Crippen molar-refractivity contribution in [3.8, 4) is 5.75 Å². The van der Waals surface area contributed by atoms with Gasteiger partial charge in [-0.05, 0) is 79.6 Å². The van der Waals surface area contributed by atoms with Crippen LogP contribution in [0.3, 0.4) is 0 Å². The number of nitrogens with zero attached hydrogens (tertiary/aromatic N) is 1. The van der Waals surface area contributed by atoms with Crippen LogP contribution in [0.1, 0.15) is 37.4 Å². The van der Waals surface area contributed by atoms with E-state index in [1.165, 1.54) is 16.1 Å². The van der Waals surface area contributed by atoms with Gasteiger partial charge in [-0.15, -0.1) is 11.8 Å². The first-order valence-corrected chi connectivity index (χ1v) is 14.5. The van der Waals surface area contributed by atoms with E-state index in [4.69, 9.17) is 4.74 Å². The summed E-state index contributed by atoms with van der Waals surface area (Å²) in [5.41, 5.74) is 2.38. The lowest BCUT2D eigenvalue weighted by molar-refractivity contribution is -0.120. The van der Waals surface area contributed by atoms with Crippen molar-refractivity contribution in [3.63, 3.8) is 0 Å². The molecule has 0 aromatic heterocycles. The Morgan fingerprint density at radius 3 is 2.11 bits per heavy atom. The first-order valence-electron chi connectivity index (χ1n) is 11.8. The Bertz CT molecular complexity index is 1240. The fourth-order valence-corrected chi connectivity index (χ4v) is 5.69. The molecule has 8 heteroatoms. The number of aryl methyl sites for hydroxylation is 1. The summed E-state index contributed by atoms with van der Waals surface area (Å²) in [6.07, 6.45) is 2.65. The molecule has 3 rings (SSSR count). The van der Waals surface area contributed by atoms with Crippen LogP contribution in [0.15, 0.2) is 82.6 Å². The zero-order chi connectivity index (χ0) is 26.3. The van der Waals surface area contributed by atoms with Crippen molar-refractivity contribution in [3.05, 3.63) is 83.9 Å². The molecule has 0 saturated heterocycles. The van der Waals surface area contributed by atoms with Crippen LogP contribution in [0.2, 0.25) is 0 Å². The van der Waals surface area contributed by atoms with Gasteiger partial charge in [0.2, 0.25) is 5.91 Å². The van der Waals surface area contributed by atoms with Crippen LogP contribution in [0.5, 0.6) is 5.75 Å². The highest BCUT2D eigenvalue weighted by Crippen LogP contribution is 2.27. The van der Waals surface area contributed by atoms with Gasteiger partial charge in [-0.2, -0.15) is 0 Å². The van der Waals surface area contributed by atoms with E-state index in [0.29, 0.717) is 18.0 Å². The minimum absolute atomic E-state index is 0.141. The SMILES string of the molecule is COc1ccc([C@@H](CC(C)C)NC(=O)CN(c2ccc(C)cc2)S(=O)(=O)c2ccc(SC)cc2)cc1. The van der Waals surface area contributed by atoms with E-state index in [0.717, 1.165) is 21.8 Å². The standard InChI is InChI=1S/C28H34N2O4S2/c1-20(2)18-27(22-8-12-24(34-4)13-9-22)29-28(31)19-30(23-10-6-21(3)7-11-23)36(32,33)26-16-14-25(35-5)15-17-26/h6-17,20,27H,18-19H2,1-5H3,(H,29,31)/t27-/m1/s1. The van der Waals surface area contributed by atoms with Crippen LogP contribution in [-0.2, 0) is 14.8 Å². The molecule has 1 N–H and O–H groups in total. The Hall–Kier alpha value is -2.97. The van der Waals surface area contributed by atoms with Gasteiger partial charge in [0.15, 0.2) is 0 Å². The molecule has 0 heterocycles. The molecule has 192 valence electrons. The maximum Gasteiger partial charge on any atom is 0.264 e. The lowest BCUT2D eigenvalue weighted by Gasteiger charge is -2.27. The molecule has 1 amide bonds. The third-order valence-electron chi connectivity index (χ3n) is 5.82. The zero-order valence-electron chi connectivity index (χ0n) is 21.4. The number of sulfonamides is 1. The molecular weight excluding hydrogens is 492 g/mol. The third kappa shape index (κ3) is 7.04. The average Bonchev–Trinajstić information content (AvgIpc) is 2.87. The number of thioether (sulfide) groups is 1. The molecule has 3 aromatic carbocycles. The molecule has 0 bridgehead atoms. The van der Waals surface area contributed by atoms with E-state index in [2.05, 4.69) is 19.2 Å². The predicted octanol–water partition coefficient (Wildman–Crippen LogP) is 5.82. The summed E-state index contributed by atoms with van der Waals surface area (Å²) in [6.45, 7) is 5.77. The highest BCUT2D eigenvalue weighted by Gasteiger charge is 2.28. The molecule has 0 radical (unpaired) electrons. The van der Waals surface area contributed by atoms with Gasteiger partial charge in [0.25, 0.3) is 10.0 Å². The summed E-state index contributed by atoms with van der Waals surface area (Å²) >= 11 is 1.54. The number of methoxy groups -OCH3 is 1. The van der Waals surface area contributed by atoms with Gasteiger partial charge in [0.1, 0.15) is 12.3 Å². The number of hydrogen-bond acceptors (Lipinski definition) is 5. The summed E-state index contributed by atoms with van der Waals surface area (Å²) < 4.78 is 33.8. The van der Waals surface area contributed by atoms with Gasteiger partial charge in [0.05, 0.1) is 23.7 Å². The Labute approximate surface area is 219 Å². The second-order valence-corrected chi connectivity index (χ2v) is 11.8. The van der Waals surface area contributed by atoms with Crippen LogP contribution >= 0.6 is 11.8 Å². The quantitative estimate of drug-likeness (QED) is 0.319. The van der Waals surface area contributed by atoms with Crippen LogP contribution < -0.4 is 14.4 Å². The first kappa shape index (κ1) is 27.6. The van der Waals surface area contributed by atoms with E-state index in [9.17, 15) is 13.2 Å². The van der Waals surface area contributed by atoms with Crippen molar-refractivity contribution in [1.82, 2.24) is 5.32 Å². The number of rotatable bonds is 11. The van der Waals surface area contributed by atoms with Crippen LogP contribution in [-0.4, -0.2) is 34.2 Å². The predicted molar refractivity (Wildman–Crippen MR) is 147 cm³/mol. The normalized spacial score (nSPS) is 12.3. The number of carbonyl (C=O) groups excluding carboxylic acids is 1. The van der Waals surface area contributed by atoms with E-state index in [1.807, 2.05) is 49.6 Å². The van der Waals surface area contributed by atoms with Gasteiger partial charge in [-0.3, -0.25) is 9.10 Å². The third-order valence-corrected chi connectivity index (χ3v) is 8.35. The van der Waals surface area contributed by atoms with Crippen LogP contribution in [0, 0.1) is 12.8 Å². The highest BCUT2D eigenvalue weighted by atomic mass is 32.2. The fourth-order valence-electron chi connectivity index (χ4n) is 3.86. The van der Waals surface area contributed by atoms with Crippen molar-refractivity contribution >= 4 is 33.4 Å². The summed E-state index contributed by atoms with van der Waals surface area (Å²) in [6, 6.07) is 21.1. The second kappa shape index (κ2) is 12.3. The molecule has 6 nitrogen and oxygen atoms in total. The molecule has 0 spiro atoms. The summed E-state index contributed by atoms with van der Waals surface area (Å²) in [5.74, 6) is 0.683. The van der Waals surface area contributed by atoms with Crippen molar-refractivity contribution in [2.24, 2.45) is 5.92 Å². The molecule has 3 aromatic rings. The zero-order valence-corrected chi connectivity index (χ0v) is 23.0. The number of anilines is 1. The minimum atomic E-state index is -3.97. The number of hydrogen-bond donors (Lipinski definition) is 1. The first-order chi connectivity index (χ1) is 17.1. The molecule has 0 saturated carbocycles. The molecule has 1 atom stereocenters. The lowest BCUT2D eigenvalue weighted by Crippen LogP contribution is -2.42. The second-order valence-electron chi connectivity index (χ2n) is 9.05. The number of ether oxygens (including phenoxy) is 1. The Morgan fingerprint density at radius 1 is 0.972 bits per heavy atom. The molecule has 0 aliphatic heterocycles. The molecule has 0 aliphatic rings. The van der Waals surface area contributed by atoms with Crippen LogP contribution in [0.4, 0.5) is 5.69 Å². The van der Waals surface area contributed by atoms with Gasteiger partial charge < -0.3 is 10.1 Å². The maximum absolute atomic E-state index is 13.7. The Morgan fingerprint density at radius 2 is 1.58 bits per heavy atom. The molecule has 0 fully saturated rings. The highest BCUT2D eigenvalue weighted by molar-refractivity contribution is 7.98. The number of nitrogens with one attached hydrogen (secondary N) is 1. The fraction of sp³-hybridized carbons (Fsp3) is 0.321. The summed E-state index contributed by atoms with van der Waals surface area (Å²) in [4.78, 5) is 14.4. The number of carbonyl (C=O) groups is 1. The van der Waals surface area contributed by atoms with Crippen molar-refractivity contribution in [1.29, 1.82) is 0 Å². The van der Waals surface area contributed by atoms with Crippen LogP contribution in [0.25, 0.3) is 0 Å². The molecule has 36 heavy (non-hydrogen) atoms. The van der Waals surface area contributed by atoms with Crippen molar-refractivity contribution < 1.29 is 17.9 Å². The van der Waals surface area contributed by atoms with Gasteiger partial charge in [-0.1, -0.05) is 43.7 Å². The van der Waals surface area contributed by atoms with Crippen molar-refractivity contribution in [2.45, 2.75) is 43.0 Å². The lowest BCUT2D eigenvalue weighted by atomic mass is 9.97. The average molecular weight is 527 g/mol. The Balaban J connectivity index is 1.91. The van der Waals surface area contributed by atoms with E-state index < -0.39 is 10.0 Å². The van der Waals surface area contributed by atoms with E-state index in [-0.39, 0.29) is 23.4 Å². The van der Waals surface area contributed by atoms with E-state index in [1.54, 1.807) is 43.5 Å². The molecule has 0 unspecified atom stereocenters. The topological polar surface area (TPSA) is 75.7 Å². The Kier molecular flexibility index (Phi) is 9.45. The largest absolute Gasteiger partial charge is 0.497 e. The number of amides is 1. The number of benzene rings is 3. The minimum Gasteiger partial charge on any atom is -0.497 e. The summed E-state index contributed by atoms with van der Waals surface area (Å²) in [7, 11) is -2.36. The monoisotopic (exact) mass is 526 g/mol.